The smallest absolute Gasteiger partial charge is 0.223 e. The van der Waals surface area contributed by atoms with Gasteiger partial charge >= 0.3 is 0 Å². The first kappa shape index (κ1) is 24.9. The molecule has 5 nitrogen and oxygen atoms in total. The van der Waals surface area contributed by atoms with Crippen LogP contribution in [0.25, 0.3) is 10.9 Å². The van der Waals surface area contributed by atoms with Gasteiger partial charge in [0.25, 0.3) is 0 Å². The number of carbonyl (C=O) groups is 1. The monoisotopic (exact) mass is 481 g/mol. The van der Waals surface area contributed by atoms with E-state index < -0.39 is 5.67 Å². The molecule has 0 radical (unpaired) electrons. The molecule has 1 aliphatic carbocycles. The van der Waals surface area contributed by atoms with Gasteiger partial charge in [-0.15, -0.1) is 0 Å². The van der Waals surface area contributed by atoms with Crippen molar-refractivity contribution in [3.05, 3.63) is 65.6 Å². The van der Waals surface area contributed by atoms with Gasteiger partial charge < -0.3 is 15.4 Å². The fraction of sp³-hybridized carbons (Fsp3) is 0.429. The molecule has 1 fully saturated rings. The Kier molecular flexibility index (Phi) is 7.53. The number of aryl methyl sites for hydroxylation is 1. The Labute approximate surface area is 205 Å². The van der Waals surface area contributed by atoms with E-state index in [0.29, 0.717) is 11.4 Å². The molecule has 1 amide bonds. The molecule has 0 unspecified atom stereocenters. The number of pyridine rings is 1. The maximum absolute atomic E-state index is 14.7. The van der Waals surface area contributed by atoms with Crippen molar-refractivity contribution in [3.63, 3.8) is 0 Å². The molecule has 3 aromatic rings. The number of aromatic nitrogens is 1. The molecule has 186 valence electrons. The minimum absolute atomic E-state index is 0.0664. The predicted molar refractivity (Wildman–Crippen MR) is 135 cm³/mol. The summed E-state index contributed by atoms with van der Waals surface area (Å²) in [5, 5.41) is 7.70. The van der Waals surface area contributed by atoms with Crippen molar-refractivity contribution in [1.29, 1.82) is 0 Å². The van der Waals surface area contributed by atoms with Crippen LogP contribution in [0.4, 0.5) is 14.5 Å². The highest BCUT2D eigenvalue weighted by atomic mass is 19.1. The maximum Gasteiger partial charge on any atom is 0.223 e. The Morgan fingerprint density at radius 3 is 2.54 bits per heavy atom. The van der Waals surface area contributed by atoms with E-state index in [4.69, 9.17) is 4.74 Å². The van der Waals surface area contributed by atoms with Gasteiger partial charge in [0.2, 0.25) is 5.91 Å². The largest absolute Gasteiger partial charge is 0.493 e. The Balaban J connectivity index is 1.30. The molecular formula is C28H33F2N3O2. The number of nitrogens with zero attached hydrogens (tertiary/aromatic N) is 1. The molecule has 4 rings (SSSR count). The average Bonchev–Trinajstić information content (AvgIpc) is 2.80. The van der Waals surface area contributed by atoms with E-state index >= 15 is 0 Å². The van der Waals surface area contributed by atoms with Gasteiger partial charge in [0.05, 0.1) is 24.2 Å². The van der Waals surface area contributed by atoms with E-state index in [1.54, 1.807) is 12.1 Å². The molecule has 0 aliphatic heterocycles. The van der Waals surface area contributed by atoms with E-state index in [1.165, 1.54) is 26.0 Å². The molecule has 1 saturated carbocycles. The van der Waals surface area contributed by atoms with Crippen LogP contribution in [-0.2, 0) is 10.5 Å². The standard InChI is InChI=1S/C28H33F2N3O2/c1-18-7-12-24-23(15-18)25(17-26(33-24)28(2,3)30)31-20-8-10-21(11-9-20)32-27(34)13-14-35-22-6-4-5-19(29)16-22/h4-7,12,15-17,20-21H,8-11,13-14H2,1-3H3,(H,31,33)(H,32,34). The molecular weight excluding hydrogens is 448 g/mol. The van der Waals surface area contributed by atoms with Gasteiger partial charge in [0, 0.05) is 29.2 Å². The number of anilines is 1. The maximum atomic E-state index is 14.7. The number of nitrogens with one attached hydrogen (secondary N) is 2. The van der Waals surface area contributed by atoms with Crippen molar-refractivity contribution in [3.8, 4) is 5.75 Å². The minimum atomic E-state index is -1.53. The van der Waals surface area contributed by atoms with Gasteiger partial charge in [0.15, 0.2) is 0 Å². The zero-order chi connectivity index (χ0) is 25.0. The second-order valence-electron chi connectivity index (χ2n) is 9.86. The number of amides is 1. The SMILES string of the molecule is Cc1ccc2nc(C(C)(C)F)cc(NC3CCC(NC(=O)CCOc4cccc(F)c4)CC3)c2c1. The number of benzene rings is 2. The van der Waals surface area contributed by atoms with Crippen LogP contribution >= 0.6 is 0 Å². The number of carbonyl (C=O) groups excluding carboxylic acids is 1. The zero-order valence-electron chi connectivity index (χ0n) is 20.5. The Morgan fingerprint density at radius 2 is 1.83 bits per heavy atom. The van der Waals surface area contributed by atoms with Crippen molar-refractivity contribution >= 4 is 22.5 Å². The lowest BCUT2D eigenvalue weighted by atomic mass is 9.90. The highest BCUT2D eigenvalue weighted by Crippen LogP contribution is 2.33. The van der Waals surface area contributed by atoms with E-state index in [-0.39, 0.29) is 36.8 Å². The van der Waals surface area contributed by atoms with Crippen LogP contribution in [0.3, 0.4) is 0 Å². The quantitative estimate of drug-likeness (QED) is 0.402. The third kappa shape index (κ3) is 6.68. The van der Waals surface area contributed by atoms with E-state index in [0.717, 1.165) is 47.8 Å². The van der Waals surface area contributed by atoms with Gasteiger partial charge in [-0.3, -0.25) is 4.79 Å². The molecule has 1 heterocycles. The first-order valence-electron chi connectivity index (χ1n) is 12.2. The highest BCUT2D eigenvalue weighted by molar-refractivity contribution is 5.92. The number of hydrogen-bond donors (Lipinski definition) is 2. The third-order valence-electron chi connectivity index (χ3n) is 6.42. The van der Waals surface area contributed by atoms with Crippen LogP contribution in [0.1, 0.15) is 57.2 Å². The van der Waals surface area contributed by atoms with E-state index in [2.05, 4.69) is 21.7 Å². The average molecular weight is 482 g/mol. The normalized spacial score (nSPS) is 18.3. The fourth-order valence-electron chi connectivity index (χ4n) is 4.48. The molecule has 2 aromatic carbocycles. The molecule has 1 aromatic heterocycles. The first-order chi connectivity index (χ1) is 16.7. The minimum Gasteiger partial charge on any atom is -0.493 e. The van der Waals surface area contributed by atoms with Gasteiger partial charge in [0.1, 0.15) is 17.2 Å². The van der Waals surface area contributed by atoms with Gasteiger partial charge in [-0.1, -0.05) is 17.7 Å². The second kappa shape index (κ2) is 10.6. The Bertz CT molecular complexity index is 1180. The van der Waals surface area contributed by atoms with Crippen LogP contribution in [0.15, 0.2) is 48.5 Å². The van der Waals surface area contributed by atoms with Crippen LogP contribution < -0.4 is 15.4 Å². The fourth-order valence-corrected chi connectivity index (χ4v) is 4.48. The molecule has 0 spiro atoms. The van der Waals surface area contributed by atoms with Crippen LogP contribution in [-0.4, -0.2) is 29.6 Å². The zero-order valence-corrected chi connectivity index (χ0v) is 20.5. The van der Waals surface area contributed by atoms with Crippen molar-refractivity contribution in [2.75, 3.05) is 11.9 Å². The summed E-state index contributed by atoms with van der Waals surface area (Å²) in [6, 6.07) is 14.1. The summed E-state index contributed by atoms with van der Waals surface area (Å²) < 4.78 is 33.4. The third-order valence-corrected chi connectivity index (χ3v) is 6.42. The van der Waals surface area contributed by atoms with Crippen molar-refractivity contribution in [2.45, 2.75) is 70.6 Å². The van der Waals surface area contributed by atoms with Gasteiger partial charge in [-0.2, -0.15) is 0 Å². The van der Waals surface area contributed by atoms with E-state index in [1.807, 2.05) is 25.1 Å². The number of ether oxygens (including phenoxy) is 1. The van der Waals surface area contributed by atoms with Gasteiger partial charge in [-0.05, 0) is 76.8 Å². The molecule has 2 N–H and O–H groups in total. The molecule has 0 atom stereocenters. The number of halogens is 2. The molecule has 0 bridgehead atoms. The Hall–Kier alpha value is -3.22. The number of rotatable bonds is 8. The van der Waals surface area contributed by atoms with Crippen LogP contribution in [0, 0.1) is 12.7 Å². The molecule has 0 saturated heterocycles. The lowest BCUT2D eigenvalue weighted by molar-refractivity contribution is -0.122. The summed E-state index contributed by atoms with van der Waals surface area (Å²) in [4.78, 5) is 16.9. The number of alkyl halides is 1. The lowest BCUT2D eigenvalue weighted by Gasteiger charge is -2.31. The summed E-state index contributed by atoms with van der Waals surface area (Å²) in [5.41, 5.74) is 1.69. The van der Waals surface area contributed by atoms with Crippen molar-refractivity contribution in [2.24, 2.45) is 0 Å². The topological polar surface area (TPSA) is 63.2 Å². The molecule has 1 aliphatic rings. The lowest BCUT2D eigenvalue weighted by Crippen LogP contribution is -2.40. The summed E-state index contributed by atoms with van der Waals surface area (Å²) in [5.74, 6) is -0.0115. The highest BCUT2D eigenvalue weighted by Gasteiger charge is 2.25. The van der Waals surface area contributed by atoms with Crippen molar-refractivity contribution < 1.29 is 18.3 Å². The summed E-state index contributed by atoms with van der Waals surface area (Å²) in [6.07, 6.45) is 3.73. The summed E-state index contributed by atoms with van der Waals surface area (Å²) >= 11 is 0. The summed E-state index contributed by atoms with van der Waals surface area (Å²) in [7, 11) is 0. The van der Waals surface area contributed by atoms with Gasteiger partial charge in [-0.25, -0.2) is 13.8 Å². The van der Waals surface area contributed by atoms with Crippen molar-refractivity contribution in [1.82, 2.24) is 10.3 Å². The van der Waals surface area contributed by atoms with E-state index in [9.17, 15) is 13.6 Å². The molecule has 7 heteroatoms. The number of fused-ring (bicyclic) bond motifs is 1. The molecule has 35 heavy (non-hydrogen) atoms. The summed E-state index contributed by atoms with van der Waals surface area (Å²) in [6.45, 7) is 5.29. The number of hydrogen-bond acceptors (Lipinski definition) is 4. The van der Waals surface area contributed by atoms with Crippen LogP contribution in [0.5, 0.6) is 5.75 Å². The first-order valence-corrected chi connectivity index (χ1v) is 12.2. The predicted octanol–water partition coefficient (Wildman–Crippen LogP) is 6.20. The van der Waals surface area contributed by atoms with Crippen LogP contribution in [0.2, 0.25) is 0 Å². The Morgan fingerprint density at radius 1 is 1.09 bits per heavy atom. The second-order valence-corrected chi connectivity index (χ2v) is 9.86.